The minimum absolute atomic E-state index is 0. The minimum Gasteiger partial charge on any atom is -0.871 e. The van der Waals surface area contributed by atoms with Crippen LogP contribution < -0.4 is 10.2 Å². The molecule has 26 heavy (non-hydrogen) atoms. The van der Waals surface area contributed by atoms with Gasteiger partial charge in [-0.25, -0.2) is 8.42 Å². The molecule has 131 valence electrons. The Bertz CT molecular complexity index is 1120. The molecule has 0 saturated heterocycles. The van der Waals surface area contributed by atoms with E-state index >= 15 is 0 Å². The van der Waals surface area contributed by atoms with Gasteiger partial charge in [0.15, 0.2) is 0 Å². The zero-order valence-electron chi connectivity index (χ0n) is 12.7. The molecule has 0 aliphatic rings. The van der Waals surface area contributed by atoms with Crippen LogP contribution in [0.2, 0.25) is 5.02 Å². The first-order chi connectivity index (χ1) is 11.8. The fourth-order valence-electron chi connectivity index (χ4n) is 2.26. The third kappa shape index (κ3) is 3.98. The van der Waals surface area contributed by atoms with E-state index in [1.807, 2.05) is 0 Å². The van der Waals surface area contributed by atoms with Gasteiger partial charge in [0.25, 0.3) is 0 Å². The molecule has 1 radical (unpaired) electrons. The van der Waals surface area contributed by atoms with Gasteiger partial charge in [-0.05, 0) is 17.5 Å². The minimum atomic E-state index is -5.01. The van der Waals surface area contributed by atoms with Gasteiger partial charge in [0.2, 0.25) is 0 Å². The van der Waals surface area contributed by atoms with E-state index in [4.69, 9.17) is 11.6 Å². The first-order valence-corrected chi connectivity index (χ1v) is 8.63. The second-order valence-corrected chi connectivity index (χ2v) is 6.82. The maximum absolute atomic E-state index is 12.1. The molecule has 0 aliphatic carbocycles. The third-order valence-electron chi connectivity index (χ3n) is 3.39. The number of nitrogens with zero attached hydrogens (tertiary/aromatic N) is 2. The topological polar surface area (TPSA) is 128 Å². The van der Waals surface area contributed by atoms with E-state index in [0.717, 1.165) is 17.5 Å². The first-order valence-electron chi connectivity index (χ1n) is 6.84. The van der Waals surface area contributed by atoms with Crippen LogP contribution in [-0.4, -0.2) is 13.0 Å². The summed E-state index contributed by atoms with van der Waals surface area (Å²) in [6.07, 6.45) is 0. The van der Waals surface area contributed by atoms with E-state index < -0.39 is 32.2 Å². The molecule has 0 aromatic heterocycles. The molecule has 10 heteroatoms. The number of hydrogen-bond donors (Lipinski definition) is 0. The Kier molecular flexibility index (Phi) is 5.91. The molecule has 3 aromatic carbocycles. The fraction of sp³-hybridized carbons (Fsp3) is 0. The van der Waals surface area contributed by atoms with Gasteiger partial charge in [0, 0.05) is 10.4 Å². The molecule has 0 aliphatic heterocycles. The van der Waals surface area contributed by atoms with Crippen molar-refractivity contribution in [2.75, 3.05) is 0 Å². The summed E-state index contributed by atoms with van der Waals surface area (Å²) in [5.74, 6) is -1.55. The normalized spacial score (nSPS) is 11.6. The van der Waals surface area contributed by atoms with Gasteiger partial charge < -0.3 is 14.8 Å². The van der Waals surface area contributed by atoms with Crippen molar-refractivity contribution in [3.8, 4) is 11.5 Å². The molecule has 0 saturated carbocycles. The van der Waals surface area contributed by atoms with Gasteiger partial charge in [-0.3, -0.25) is 0 Å². The Labute approximate surface area is 164 Å². The zero-order valence-corrected chi connectivity index (χ0v) is 15.6. The summed E-state index contributed by atoms with van der Waals surface area (Å²) in [5, 5.41) is 32.6. The second kappa shape index (κ2) is 7.62. The number of halogens is 1. The Morgan fingerprint density at radius 3 is 2.35 bits per heavy atom. The van der Waals surface area contributed by atoms with Crippen molar-refractivity contribution < 1.29 is 40.5 Å². The molecular formula is C16H8ClCrN2O5S. The standard InChI is InChI=1S/C16H11ClN2O5S.Cr/c17-10-7-12(16(21)14(8-10)25(22,23)24)18-19-15-11-4-2-1-3-9(11)5-6-13(15)20;/h1-8,20-21H,(H,22,23,24);/q;+3/p-3. The Hall–Kier alpha value is -2.15. The summed E-state index contributed by atoms with van der Waals surface area (Å²) in [6.45, 7) is 0. The predicted octanol–water partition coefficient (Wildman–Crippen LogP) is 2.96. The fourth-order valence-corrected chi connectivity index (χ4v) is 3.14. The van der Waals surface area contributed by atoms with Crippen LogP contribution in [0.1, 0.15) is 0 Å². The summed E-state index contributed by atoms with van der Waals surface area (Å²) >= 11 is 5.73. The molecule has 7 nitrogen and oxygen atoms in total. The monoisotopic (exact) mass is 427 g/mol. The van der Waals surface area contributed by atoms with Crippen LogP contribution >= 0.6 is 11.6 Å². The number of hydrogen-bond acceptors (Lipinski definition) is 7. The second-order valence-electron chi connectivity index (χ2n) is 5.04. The molecule has 3 aromatic rings. The van der Waals surface area contributed by atoms with Gasteiger partial charge in [-0.15, -0.1) is 0 Å². The summed E-state index contributed by atoms with van der Waals surface area (Å²) in [4.78, 5) is -1.02. The number of rotatable bonds is 3. The SMILES string of the molecule is O=S(=O)([O-])c1cc(Cl)cc(N=Nc2c([O-])ccc3ccccc23)c1[O-].[Cr+3]. The van der Waals surface area contributed by atoms with Crippen LogP contribution in [0.3, 0.4) is 0 Å². The molecule has 0 fully saturated rings. The average Bonchev–Trinajstić information content (AvgIpc) is 2.55. The van der Waals surface area contributed by atoms with Crippen molar-refractivity contribution in [3.63, 3.8) is 0 Å². The van der Waals surface area contributed by atoms with Crippen LogP contribution in [0.15, 0.2) is 63.7 Å². The van der Waals surface area contributed by atoms with E-state index in [1.165, 1.54) is 6.07 Å². The van der Waals surface area contributed by atoms with Gasteiger partial charge >= 0.3 is 17.4 Å². The number of azo groups is 1. The van der Waals surface area contributed by atoms with E-state index in [9.17, 15) is 23.2 Å². The molecule has 0 bridgehead atoms. The van der Waals surface area contributed by atoms with Crippen molar-refractivity contribution in [3.05, 3.63) is 53.6 Å². The molecule has 3 rings (SSSR count). The molecule has 0 N–H and O–H groups in total. The summed E-state index contributed by atoms with van der Waals surface area (Å²) in [7, 11) is -5.01. The summed E-state index contributed by atoms with van der Waals surface area (Å²) in [5.41, 5.74) is -0.460. The molecule has 0 heterocycles. The van der Waals surface area contributed by atoms with Gasteiger partial charge in [-0.2, -0.15) is 10.2 Å². The van der Waals surface area contributed by atoms with Crippen LogP contribution in [0.5, 0.6) is 11.5 Å². The summed E-state index contributed by atoms with van der Waals surface area (Å²) in [6, 6.07) is 11.7. The van der Waals surface area contributed by atoms with Crippen LogP contribution in [0.4, 0.5) is 11.4 Å². The smallest absolute Gasteiger partial charge is 0.871 e. The van der Waals surface area contributed by atoms with Crippen LogP contribution in [-0.2, 0) is 27.5 Å². The Morgan fingerprint density at radius 2 is 1.65 bits per heavy atom. The quantitative estimate of drug-likeness (QED) is 0.468. The zero-order chi connectivity index (χ0) is 18.2. The van der Waals surface area contributed by atoms with Gasteiger partial charge in [0.1, 0.15) is 10.1 Å². The third-order valence-corrected chi connectivity index (χ3v) is 4.45. The van der Waals surface area contributed by atoms with E-state index in [0.29, 0.717) is 5.39 Å². The number of fused-ring (bicyclic) bond motifs is 1. The van der Waals surface area contributed by atoms with Crippen molar-refractivity contribution in [2.45, 2.75) is 4.90 Å². The van der Waals surface area contributed by atoms with E-state index in [1.54, 1.807) is 30.3 Å². The number of benzene rings is 3. The maximum atomic E-state index is 12.1. The van der Waals surface area contributed by atoms with Crippen LogP contribution in [0, 0.1) is 0 Å². The van der Waals surface area contributed by atoms with Crippen molar-refractivity contribution in [2.24, 2.45) is 10.2 Å². The van der Waals surface area contributed by atoms with Crippen LogP contribution in [0.25, 0.3) is 10.8 Å². The summed E-state index contributed by atoms with van der Waals surface area (Å²) < 4.78 is 33.4. The largest absolute Gasteiger partial charge is 3.00 e. The Balaban J connectivity index is 0.00000243. The Morgan fingerprint density at radius 1 is 0.962 bits per heavy atom. The van der Waals surface area contributed by atoms with Gasteiger partial charge in [0.05, 0.1) is 16.3 Å². The molecule has 0 atom stereocenters. The maximum Gasteiger partial charge on any atom is 3.00 e. The van der Waals surface area contributed by atoms with Crippen molar-refractivity contribution in [1.82, 2.24) is 0 Å². The average molecular weight is 428 g/mol. The van der Waals surface area contributed by atoms with Gasteiger partial charge in [-0.1, -0.05) is 59.5 Å². The first kappa shape index (κ1) is 20.2. The molecule has 0 spiro atoms. The molecule has 0 unspecified atom stereocenters. The van der Waals surface area contributed by atoms with E-state index in [2.05, 4.69) is 10.2 Å². The molecule has 0 amide bonds. The predicted molar refractivity (Wildman–Crippen MR) is 86.4 cm³/mol. The van der Waals surface area contributed by atoms with Crippen molar-refractivity contribution in [1.29, 1.82) is 0 Å². The van der Waals surface area contributed by atoms with Crippen molar-refractivity contribution >= 4 is 43.9 Å². The molecular weight excluding hydrogens is 420 g/mol. The van der Waals surface area contributed by atoms with E-state index in [-0.39, 0.29) is 28.1 Å².